The van der Waals surface area contributed by atoms with E-state index in [1.54, 1.807) is 29.2 Å². The molecule has 0 spiro atoms. The molecule has 1 heterocycles. The number of amides is 2. The fraction of sp³-hybridized carbons (Fsp3) is 0.286. The number of tetrazole rings is 1. The Morgan fingerprint density at radius 3 is 2.48 bits per heavy atom. The van der Waals surface area contributed by atoms with E-state index in [0.29, 0.717) is 30.8 Å². The van der Waals surface area contributed by atoms with Gasteiger partial charge in [0.2, 0.25) is 5.91 Å². The average molecular weight is 392 g/mol. The highest BCUT2D eigenvalue weighted by Gasteiger charge is 2.23. The van der Waals surface area contributed by atoms with Crippen molar-refractivity contribution in [2.24, 2.45) is 0 Å². The van der Waals surface area contributed by atoms with Gasteiger partial charge in [0, 0.05) is 30.8 Å². The molecule has 3 rings (SSSR count). The standard InChI is InChI=1S/C21H24N6O2/c1-3-26(4-2)21(29)17-11-8-12-18(14-17)23-20(28)19(27-15-22-24-25-27)13-16-9-6-5-7-10-16/h5-12,14-15,19H,3-4,13H2,1-2H3,(H,23,28). The summed E-state index contributed by atoms with van der Waals surface area (Å²) < 4.78 is 1.44. The second-order valence-corrected chi connectivity index (χ2v) is 6.54. The van der Waals surface area contributed by atoms with Crippen LogP contribution in [0.2, 0.25) is 0 Å². The minimum absolute atomic E-state index is 0.0626. The molecule has 0 bridgehead atoms. The third kappa shape index (κ3) is 5.04. The summed E-state index contributed by atoms with van der Waals surface area (Å²) in [5.41, 5.74) is 2.08. The maximum absolute atomic E-state index is 13.0. The first-order chi connectivity index (χ1) is 14.1. The van der Waals surface area contributed by atoms with Crippen LogP contribution in [0, 0.1) is 0 Å². The van der Waals surface area contributed by atoms with E-state index < -0.39 is 6.04 Å². The first-order valence-electron chi connectivity index (χ1n) is 9.59. The topological polar surface area (TPSA) is 93.0 Å². The van der Waals surface area contributed by atoms with Gasteiger partial charge in [0.05, 0.1) is 0 Å². The van der Waals surface area contributed by atoms with Gasteiger partial charge in [0.25, 0.3) is 5.91 Å². The van der Waals surface area contributed by atoms with Crippen LogP contribution < -0.4 is 5.32 Å². The normalized spacial score (nSPS) is 11.7. The predicted octanol–water partition coefficient (Wildman–Crippen LogP) is 2.58. The number of nitrogens with zero attached hydrogens (tertiary/aromatic N) is 5. The Balaban J connectivity index is 1.79. The Morgan fingerprint density at radius 1 is 1.07 bits per heavy atom. The lowest BCUT2D eigenvalue weighted by Crippen LogP contribution is -2.31. The van der Waals surface area contributed by atoms with E-state index in [-0.39, 0.29) is 11.8 Å². The number of hydrogen-bond donors (Lipinski definition) is 1. The van der Waals surface area contributed by atoms with Crippen LogP contribution in [0.5, 0.6) is 0 Å². The summed E-state index contributed by atoms with van der Waals surface area (Å²) >= 11 is 0. The lowest BCUT2D eigenvalue weighted by atomic mass is 10.1. The van der Waals surface area contributed by atoms with Gasteiger partial charge in [-0.2, -0.15) is 0 Å². The van der Waals surface area contributed by atoms with Crippen LogP contribution in [0.1, 0.15) is 35.8 Å². The van der Waals surface area contributed by atoms with Crippen molar-refractivity contribution in [2.75, 3.05) is 18.4 Å². The molecule has 0 radical (unpaired) electrons. The summed E-state index contributed by atoms with van der Waals surface area (Å²) in [5, 5.41) is 14.1. The Kier molecular flexibility index (Phi) is 6.67. The van der Waals surface area contributed by atoms with E-state index in [4.69, 9.17) is 0 Å². The summed E-state index contributed by atoms with van der Waals surface area (Å²) in [6.45, 7) is 5.13. The predicted molar refractivity (Wildman–Crippen MR) is 109 cm³/mol. The molecule has 0 aliphatic heterocycles. The number of nitrogens with one attached hydrogen (secondary N) is 1. The van der Waals surface area contributed by atoms with Crippen molar-refractivity contribution in [3.05, 3.63) is 72.1 Å². The smallest absolute Gasteiger partial charge is 0.253 e. The van der Waals surface area contributed by atoms with Gasteiger partial charge in [-0.1, -0.05) is 36.4 Å². The molecule has 1 unspecified atom stereocenters. The number of carbonyl (C=O) groups is 2. The second-order valence-electron chi connectivity index (χ2n) is 6.54. The first-order valence-corrected chi connectivity index (χ1v) is 9.59. The summed E-state index contributed by atoms with van der Waals surface area (Å²) in [5.74, 6) is -0.319. The molecule has 2 aromatic carbocycles. The summed E-state index contributed by atoms with van der Waals surface area (Å²) in [6.07, 6.45) is 1.86. The highest BCUT2D eigenvalue weighted by atomic mass is 16.2. The highest BCUT2D eigenvalue weighted by Crippen LogP contribution is 2.18. The van der Waals surface area contributed by atoms with Crippen LogP contribution in [0.4, 0.5) is 5.69 Å². The molecule has 8 heteroatoms. The van der Waals surface area contributed by atoms with Crippen molar-refractivity contribution in [1.82, 2.24) is 25.1 Å². The van der Waals surface area contributed by atoms with Crippen molar-refractivity contribution in [3.8, 4) is 0 Å². The monoisotopic (exact) mass is 392 g/mol. The van der Waals surface area contributed by atoms with Crippen molar-refractivity contribution in [2.45, 2.75) is 26.3 Å². The highest BCUT2D eigenvalue weighted by molar-refractivity contribution is 5.98. The van der Waals surface area contributed by atoms with Crippen molar-refractivity contribution < 1.29 is 9.59 Å². The van der Waals surface area contributed by atoms with Crippen LogP contribution in [-0.4, -0.2) is 50.0 Å². The molecule has 0 fully saturated rings. The van der Waals surface area contributed by atoms with E-state index >= 15 is 0 Å². The van der Waals surface area contributed by atoms with Crippen LogP contribution in [0.15, 0.2) is 60.9 Å². The third-order valence-corrected chi connectivity index (χ3v) is 4.69. The van der Waals surface area contributed by atoms with Crippen molar-refractivity contribution >= 4 is 17.5 Å². The molecule has 150 valence electrons. The number of carbonyl (C=O) groups excluding carboxylic acids is 2. The van der Waals surface area contributed by atoms with Gasteiger partial charge in [0.15, 0.2) is 0 Å². The third-order valence-electron chi connectivity index (χ3n) is 4.69. The zero-order valence-electron chi connectivity index (χ0n) is 16.5. The average Bonchev–Trinajstić information content (AvgIpc) is 3.28. The molecular formula is C21H24N6O2. The number of rotatable bonds is 8. The van der Waals surface area contributed by atoms with E-state index in [9.17, 15) is 9.59 Å². The number of hydrogen-bond acceptors (Lipinski definition) is 5. The lowest BCUT2D eigenvalue weighted by molar-refractivity contribution is -0.119. The Morgan fingerprint density at radius 2 is 1.83 bits per heavy atom. The molecule has 0 saturated carbocycles. The Labute approximate surface area is 169 Å². The molecule has 29 heavy (non-hydrogen) atoms. The summed E-state index contributed by atoms with van der Waals surface area (Å²) in [4.78, 5) is 27.3. The van der Waals surface area contributed by atoms with Crippen molar-refractivity contribution in [3.63, 3.8) is 0 Å². The Bertz CT molecular complexity index is 939. The molecule has 2 amide bonds. The zero-order valence-corrected chi connectivity index (χ0v) is 16.5. The maximum atomic E-state index is 13.0. The summed E-state index contributed by atoms with van der Waals surface area (Å²) in [7, 11) is 0. The van der Waals surface area contributed by atoms with Gasteiger partial charge in [-0.05, 0) is 48.0 Å². The van der Waals surface area contributed by atoms with Gasteiger partial charge in [-0.15, -0.1) is 5.10 Å². The van der Waals surface area contributed by atoms with Gasteiger partial charge in [-0.3, -0.25) is 9.59 Å². The van der Waals surface area contributed by atoms with Crippen molar-refractivity contribution in [1.29, 1.82) is 0 Å². The second kappa shape index (κ2) is 9.59. The number of benzene rings is 2. The van der Waals surface area contributed by atoms with Crippen LogP contribution in [-0.2, 0) is 11.2 Å². The van der Waals surface area contributed by atoms with Gasteiger partial charge >= 0.3 is 0 Å². The van der Waals surface area contributed by atoms with Crippen LogP contribution >= 0.6 is 0 Å². The molecule has 8 nitrogen and oxygen atoms in total. The molecule has 0 aliphatic rings. The van der Waals surface area contributed by atoms with Gasteiger partial charge in [-0.25, -0.2) is 4.68 Å². The molecule has 3 aromatic rings. The van der Waals surface area contributed by atoms with E-state index in [0.717, 1.165) is 5.56 Å². The summed E-state index contributed by atoms with van der Waals surface area (Å²) in [6, 6.07) is 16.0. The lowest BCUT2D eigenvalue weighted by Gasteiger charge is -2.19. The van der Waals surface area contributed by atoms with E-state index in [1.165, 1.54) is 11.0 Å². The number of anilines is 1. The van der Waals surface area contributed by atoms with Crippen LogP contribution in [0.3, 0.4) is 0 Å². The maximum Gasteiger partial charge on any atom is 0.253 e. The Hall–Kier alpha value is -3.55. The molecule has 0 saturated heterocycles. The first kappa shape index (κ1) is 20.2. The van der Waals surface area contributed by atoms with Crippen LogP contribution in [0.25, 0.3) is 0 Å². The number of aromatic nitrogens is 4. The fourth-order valence-corrected chi connectivity index (χ4v) is 3.10. The van der Waals surface area contributed by atoms with Gasteiger partial charge in [0.1, 0.15) is 12.4 Å². The molecule has 1 atom stereocenters. The SMILES string of the molecule is CCN(CC)C(=O)c1cccc(NC(=O)C(Cc2ccccc2)n2cnnn2)c1. The fourth-order valence-electron chi connectivity index (χ4n) is 3.10. The molecule has 1 N–H and O–H groups in total. The largest absolute Gasteiger partial charge is 0.339 e. The van der Waals surface area contributed by atoms with E-state index in [2.05, 4.69) is 20.8 Å². The molecular weight excluding hydrogens is 368 g/mol. The molecule has 1 aromatic heterocycles. The van der Waals surface area contributed by atoms with E-state index in [1.807, 2.05) is 44.2 Å². The minimum atomic E-state index is -0.616. The zero-order chi connectivity index (χ0) is 20.6. The molecule has 0 aliphatic carbocycles. The quantitative estimate of drug-likeness (QED) is 0.636. The van der Waals surface area contributed by atoms with Gasteiger partial charge < -0.3 is 10.2 Å². The minimum Gasteiger partial charge on any atom is -0.339 e.